The molecule has 15 heteroatoms. The number of anilines is 1. The standard InChI is InChI=1S/C24H26F3N5O7/c1-15-8-10-29-19(11-15)28-9-3-2-7-20(33)30-14-21(34)31-18(13-22(35)39-23(36)24(25,26)27)16-5-4-6-17(12-16)32(37)38/h4-6,8,10-12,18H,2-3,7,9,13-14H2,1H3,(H,28,29)(H,30,33)(H,31,34). The van der Waals surface area contributed by atoms with Crippen LogP contribution in [0.4, 0.5) is 24.7 Å². The third-order valence-electron chi connectivity index (χ3n) is 5.13. The number of alkyl halides is 3. The molecule has 0 saturated carbocycles. The number of hydrogen-bond donors (Lipinski definition) is 3. The Morgan fingerprint density at radius 1 is 1.10 bits per heavy atom. The minimum atomic E-state index is -5.42. The van der Waals surface area contributed by atoms with Crippen molar-refractivity contribution in [3.05, 3.63) is 63.8 Å². The topological polar surface area (TPSA) is 170 Å². The molecule has 210 valence electrons. The van der Waals surface area contributed by atoms with Gasteiger partial charge in [0.15, 0.2) is 0 Å². The highest BCUT2D eigenvalue weighted by Crippen LogP contribution is 2.23. The summed E-state index contributed by atoms with van der Waals surface area (Å²) in [6.07, 6.45) is -3.44. The van der Waals surface area contributed by atoms with Gasteiger partial charge in [0.05, 0.1) is 23.9 Å². The maximum absolute atomic E-state index is 12.4. The van der Waals surface area contributed by atoms with Crippen LogP contribution in [0.3, 0.4) is 0 Å². The van der Waals surface area contributed by atoms with Gasteiger partial charge >= 0.3 is 18.1 Å². The van der Waals surface area contributed by atoms with Crippen LogP contribution in [0, 0.1) is 17.0 Å². The molecule has 0 aliphatic rings. The number of ether oxygens (including phenoxy) is 1. The average Bonchev–Trinajstić information content (AvgIpc) is 2.86. The largest absolute Gasteiger partial charge is 0.491 e. The summed E-state index contributed by atoms with van der Waals surface area (Å²) in [5.74, 6) is -4.93. The number of nitrogens with zero attached hydrogens (tertiary/aromatic N) is 2. The van der Waals surface area contributed by atoms with Crippen LogP contribution in [0.15, 0.2) is 42.6 Å². The van der Waals surface area contributed by atoms with Gasteiger partial charge in [-0.1, -0.05) is 12.1 Å². The number of carbonyl (C=O) groups excluding carboxylic acids is 4. The molecule has 2 rings (SSSR count). The summed E-state index contributed by atoms with van der Waals surface area (Å²) in [5.41, 5.74) is 0.632. The first-order valence-electron chi connectivity index (χ1n) is 11.6. The first kappa shape index (κ1) is 30.7. The summed E-state index contributed by atoms with van der Waals surface area (Å²) in [6.45, 7) is 1.97. The predicted molar refractivity (Wildman–Crippen MR) is 130 cm³/mol. The molecule has 1 heterocycles. The van der Waals surface area contributed by atoms with E-state index < -0.39 is 59.5 Å². The monoisotopic (exact) mass is 553 g/mol. The second-order valence-electron chi connectivity index (χ2n) is 8.31. The van der Waals surface area contributed by atoms with Gasteiger partial charge < -0.3 is 20.7 Å². The molecular weight excluding hydrogens is 527 g/mol. The van der Waals surface area contributed by atoms with E-state index >= 15 is 0 Å². The third kappa shape index (κ3) is 11.2. The molecule has 0 saturated heterocycles. The number of carbonyl (C=O) groups is 4. The number of benzene rings is 1. The molecule has 0 fully saturated rings. The van der Waals surface area contributed by atoms with Gasteiger partial charge in [-0.05, 0) is 43.0 Å². The van der Waals surface area contributed by atoms with Gasteiger partial charge in [-0.3, -0.25) is 24.5 Å². The van der Waals surface area contributed by atoms with Crippen molar-refractivity contribution in [1.29, 1.82) is 0 Å². The number of nitro groups is 1. The van der Waals surface area contributed by atoms with Crippen molar-refractivity contribution >= 4 is 35.3 Å². The predicted octanol–water partition coefficient (Wildman–Crippen LogP) is 2.88. The van der Waals surface area contributed by atoms with E-state index in [1.165, 1.54) is 12.1 Å². The second kappa shape index (κ2) is 14.4. The SMILES string of the molecule is Cc1ccnc(NCCCCC(=O)NCC(=O)NC(CC(=O)OC(=O)C(F)(F)F)c2cccc([N+](=O)[O-])c2)c1. The van der Waals surface area contributed by atoms with E-state index in [2.05, 4.69) is 25.7 Å². The number of non-ortho nitro benzene ring substituents is 1. The maximum Gasteiger partial charge on any atom is 0.491 e. The zero-order valence-electron chi connectivity index (χ0n) is 20.7. The lowest BCUT2D eigenvalue weighted by atomic mass is 10.0. The van der Waals surface area contributed by atoms with Crippen molar-refractivity contribution in [2.45, 2.75) is 44.8 Å². The summed E-state index contributed by atoms with van der Waals surface area (Å²) < 4.78 is 41.0. The maximum atomic E-state index is 12.4. The number of nitro benzene ring substituents is 1. The van der Waals surface area contributed by atoms with Crippen LogP contribution in [0.1, 0.15) is 42.9 Å². The summed E-state index contributed by atoms with van der Waals surface area (Å²) in [4.78, 5) is 61.8. The van der Waals surface area contributed by atoms with Crippen LogP contribution in [-0.4, -0.2) is 52.9 Å². The molecule has 3 N–H and O–H groups in total. The van der Waals surface area contributed by atoms with E-state index in [-0.39, 0.29) is 12.0 Å². The Kier molecular flexibility index (Phi) is 11.3. The van der Waals surface area contributed by atoms with E-state index in [1.807, 2.05) is 19.1 Å². The van der Waals surface area contributed by atoms with Crippen molar-refractivity contribution in [2.24, 2.45) is 0 Å². The van der Waals surface area contributed by atoms with Gasteiger partial charge in [-0.15, -0.1) is 0 Å². The molecule has 12 nitrogen and oxygen atoms in total. The Hall–Kier alpha value is -4.56. The quantitative estimate of drug-likeness (QED) is 0.111. The van der Waals surface area contributed by atoms with Gasteiger partial charge in [0.1, 0.15) is 5.82 Å². The van der Waals surface area contributed by atoms with Crippen LogP contribution in [-0.2, 0) is 23.9 Å². The number of hydrogen-bond acceptors (Lipinski definition) is 9. The van der Waals surface area contributed by atoms with E-state index in [1.54, 1.807) is 6.20 Å². The zero-order chi connectivity index (χ0) is 29.0. The van der Waals surface area contributed by atoms with Crippen LogP contribution in [0.5, 0.6) is 0 Å². The third-order valence-corrected chi connectivity index (χ3v) is 5.13. The highest BCUT2D eigenvalue weighted by atomic mass is 19.4. The molecule has 0 spiro atoms. The lowest BCUT2D eigenvalue weighted by molar-refractivity contribution is -0.384. The zero-order valence-corrected chi connectivity index (χ0v) is 20.7. The number of rotatable bonds is 13. The number of nitrogens with one attached hydrogen (secondary N) is 3. The number of amides is 2. The highest BCUT2D eigenvalue weighted by molar-refractivity contribution is 5.89. The lowest BCUT2D eigenvalue weighted by Gasteiger charge is -2.19. The fourth-order valence-electron chi connectivity index (χ4n) is 3.25. The number of aromatic nitrogens is 1. The number of pyridine rings is 1. The lowest BCUT2D eigenvalue weighted by Crippen LogP contribution is -2.39. The van der Waals surface area contributed by atoms with Gasteiger partial charge in [-0.2, -0.15) is 13.2 Å². The number of halogens is 3. The van der Waals surface area contributed by atoms with Crippen LogP contribution >= 0.6 is 0 Å². The fraction of sp³-hybridized carbons (Fsp3) is 0.375. The molecular formula is C24H26F3N5O7. The fourth-order valence-corrected chi connectivity index (χ4v) is 3.25. The Labute approximate surface area is 220 Å². The minimum Gasteiger partial charge on any atom is -0.386 e. The van der Waals surface area contributed by atoms with E-state index in [0.29, 0.717) is 25.2 Å². The molecule has 1 aromatic carbocycles. The smallest absolute Gasteiger partial charge is 0.386 e. The van der Waals surface area contributed by atoms with E-state index in [9.17, 15) is 42.5 Å². The summed E-state index contributed by atoms with van der Waals surface area (Å²) in [6, 6.07) is 7.01. The van der Waals surface area contributed by atoms with Crippen LogP contribution < -0.4 is 16.0 Å². The first-order valence-corrected chi connectivity index (χ1v) is 11.6. The van der Waals surface area contributed by atoms with Gasteiger partial charge in [0.2, 0.25) is 11.8 Å². The van der Waals surface area contributed by atoms with E-state index in [0.717, 1.165) is 17.7 Å². The van der Waals surface area contributed by atoms with Crippen molar-refractivity contribution in [3.8, 4) is 0 Å². The summed E-state index contributed by atoms with van der Waals surface area (Å²) in [5, 5.41) is 18.9. The molecule has 2 aromatic rings. The highest BCUT2D eigenvalue weighted by Gasteiger charge is 2.42. The van der Waals surface area contributed by atoms with Crippen molar-refractivity contribution in [1.82, 2.24) is 15.6 Å². The van der Waals surface area contributed by atoms with E-state index in [4.69, 9.17) is 0 Å². The van der Waals surface area contributed by atoms with Gasteiger partial charge in [0, 0.05) is 31.3 Å². The van der Waals surface area contributed by atoms with Crippen molar-refractivity contribution < 1.29 is 42.0 Å². The number of esters is 2. The van der Waals surface area contributed by atoms with Crippen molar-refractivity contribution in [2.75, 3.05) is 18.4 Å². The average molecular weight is 553 g/mol. The number of unbranched alkanes of at least 4 members (excludes halogenated alkanes) is 1. The minimum absolute atomic E-state index is 0.00381. The van der Waals surface area contributed by atoms with Gasteiger partial charge in [0.25, 0.3) is 5.69 Å². The molecule has 2 amide bonds. The Balaban J connectivity index is 1.88. The molecule has 1 atom stereocenters. The molecule has 39 heavy (non-hydrogen) atoms. The normalized spacial score (nSPS) is 11.7. The molecule has 0 aliphatic heterocycles. The molecule has 0 aliphatic carbocycles. The second-order valence-corrected chi connectivity index (χ2v) is 8.31. The first-order chi connectivity index (χ1) is 18.3. The Morgan fingerprint density at radius 2 is 1.85 bits per heavy atom. The van der Waals surface area contributed by atoms with Crippen molar-refractivity contribution in [3.63, 3.8) is 0 Å². The Bertz CT molecular complexity index is 1210. The van der Waals surface area contributed by atoms with Crippen LogP contribution in [0.25, 0.3) is 0 Å². The molecule has 0 radical (unpaired) electrons. The molecule has 1 aromatic heterocycles. The summed E-state index contributed by atoms with van der Waals surface area (Å²) in [7, 11) is 0. The molecule has 1 unspecified atom stereocenters. The molecule has 0 bridgehead atoms. The summed E-state index contributed by atoms with van der Waals surface area (Å²) >= 11 is 0. The number of aryl methyl sites for hydroxylation is 1. The van der Waals surface area contributed by atoms with Gasteiger partial charge in [-0.25, -0.2) is 9.78 Å². The van der Waals surface area contributed by atoms with Crippen LogP contribution in [0.2, 0.25) is 0 Å². The Morgan fingerprint density at radius 3 is 2.51 bits per heavy atom.